The molecule has 0 heterocycles. The highest BCUT2D eigenvalue weighted by Crippen LogP contribution is 2.30. The van der Waals surface area contributed by atoms with Gasteiger partial charge in [0.05, 0.1) is 17.7 Å². The number of benzene rings is 2. The topological polar surface area (TPSA) is 87.7 Å². The first-order chi connectivity index (χ1) is 12.9. The van der Waals surface area contributed by atoms with Gasteiger partial charge in [0.15, 0.2) is 0 Å². The van der Waals surface area contributed by atoms with E-state index in [0.717, 1.165) is 13.0 Å². The van der Waals surface area contributed by atoms with Crippen molar-refractivity contribution in [1.82, 2.24) is 10.6 Å². The molecule has 2 rings (SSSR count). The summed E-state index contributed by atoms with van der Waals surface area (Å²) in [4.78, 5) is 12.2. The SMILES string of the molecule is CNCCCNC(=O)c1ccc(S(=O)(=O)N(C)c2ccccc2OC)cc1. The lowest BCUT2D eigenvalue weighted by Gasteiger charge is -2.21. The number of carbonyl (C=O) groups is 1. The van der Waals surface area contributed by atoms with Gasteiger partial charge in [-0.1, -0.05) is 12.1 Å². The zero-order valence-electron chi connectivity index (χ0n) is 15.7. The molecule has 0 fully saturated rings. The summed E-state index contributed by atoms with van der Waals surface area (Å²) >= 11 is 0. The number of carbonyl (C=O) groups excluding carboxylic acids is 1. The molecule has 2 aromatic rings. The van der Waals surface area contributed by atoms with E-state index in [9.17, 15) is 13.2 Å². The quantitative estimate of drug-likeness (QED) is 0.637. The molecule has 27 heavy (non-hydrogen) atoms. The van der Waals surface area contributed by atoms with E-state index in [4.69, 9.17) is 4.74 Å². The lowest BCUT2D eigenvalue weighted by atomic mass is 10.2. The van der Waals surface area contributed by atoms with Crippen molar-refractivity contribution >= 4 is 21.6 Å². The molecule has 146 valence electrons. The van der Waals surface area contributed by atoms with Gasteiger partial charge in [0.1, 0.15) is 5.75 Å². The number of para-hydroxylation sites is 2. The van der Waals surface area contributed by atoms with Crippen LogP contribution in [0.15, 0.2) is 53.4 Å². The van der Waals surface area contributed by atoms with Gasteiger partial charge in [0.2, 0.25) is 0 Å². The van der Waals surface area contributed by atoms with Gasteiger partial charge >= 0.3 is 0 Å². The maximum absolute atomic E-state index is 12.9. The highest BCUT2D eigenvalue weighted by Gasteiger charge is 2.23. The molecule has 0 aliphatic rings. The lowest BCUT2D eigenvalue weighted by molar-refractivity contribution is 0.0953. The summed E-state index contributed by atoms with van der Waals surface area (Å²) in [5.41, 5.74) is 0.852. The van der Waals surface area contributed by atoms with Crippen LogP contribution in [0, 0.1) is 0 Å². The zero-order valence-corrected chi connectivity index (χ0v) is 16.5. The lowest BCUT2D eigenvalue weighted by Crippen LogP contribution is -2.28. The molecule has 0 atom stereocenters. The molecular formula is C19H25N3O4S. The molecule has 2 aromatic carbocycles. The number of ether oxygens (including phenoxy) is 1. The number of hydrogen-bond acceptors (Lipinski definition) is 5. The first-order valence-corrected chi connectivity index (χ1v) is 10.0. The summed E-state index contributed by atoms with van der Waals surface area (Å²) in [5.74, 6) is 0.231. The average molecular weight is 391 g/mol. The normalized spacial score (nSPS) is 11.1. The van der Waals surface area contributed by atoms with Gasteiger partial charge < -0.3 is 15.4 Å². The Morgan fingerprint density at radius 2 is 1.74 bits per heavy atom. The number of nitrogens with zero attached hydrogens (tertiary/aromatic N) is 1. The van der Waals surface area contributed by atoms with E-state index >= 15 is 0 Å². The van der Waals surface area contributed by atoms with Crippen LogP contribution < -0.4 is 19.7 Å². The van der Waals surface area contributed by atoms with E-state index < -0.39 is 10.0 Å². The molecule has 0 aromatic heterocycles. The van der Waals surface area contributed by atoms with Crippen molar-refractivity contribution in [2.75, 3.05) is 38.6 Å². The third kappa shape index (κ3) is 4.99. The van der Waals surface area contributed by atoms with Gasteiger partial charge in [-0.15, -0.1) is 0 Å². The fraction of sp³-hybridized carbons (Fsp3) is 0.316. The van der Waals surface area contributed by atoms with Gasteiger partial charge in [-0.25, -0.2) is 8.42 Å². The number of rotatable bonds is 9. The van der Waals surface area contributed by atoms with Crippen LogP contribution in [0.2, 0.25) is 0 Å². The van der Waals surface area contributed by atoms with Gasteiger partial charge in [-0.05, 0) is 56.4 Å². The average Bonchev–Trinajstić information content (AvgIpc) is 2.70. The summed E-state index contributed by atoms with van der Waals surface area (Å²) in [6.07, 6.45) is 0.818. The Kier molecular flexibility index (Phi) is 7.20. The molecule has 1 amide bonds. The molecule has 0 aliphatic heterocycles. The second kappa shape index (κ2) is 9.38. The summed E-state index contributed by atoms with van der Waals surface area (Å²) in [6.45, 7) is 1.36. The van der Waals surface area contributed by atoms with Crippen LogP contribution in [-0.4, -0.2) is 48.6 Å². The van der Waals surface area contributed by atoms with E-state index in [-0.39, 0.29) is 10.8 Å². The molecule has 0 unspecified atom stereocenters. The molecule has 0 spiro atoms. The number of anilines is 1. The van der Waals surface area contributed by atoms with Crippen molar-refractivity contribution in [3.8, 4) is 5.75 Å². The highest BCUT2D eigenvalue weighted by molar-refractivity contribution is 7.92. The third-order valence-corrected chi connectivity index (χ3v) is 5.87. The monoisotopic (exact) mass is 391 g/mol. The largest absolute Gasteiger partial charge is 0.495 e. The van der Waals surface area contributed by atoms with Crippen molar-refractivity contribution < 1.29 is 17.9 Å². The number of methoxy groups -OCH3 is 1. The fourth-order valence-corrected chi connectivity index (χ4v) is 3.73. The van der Waals surface area contributed by atoms with Gasteiger partial charge in [0, 0.05) is 19.2 Å². The molecule has 2 N–H and O–H groups in total. The van der Waals surface area contributed by atoms with E-state index in [1.807, 2.05) is 7.05 Å². The summed E-state index contributed by atoms with van der Waals surface area (Å²) in [5, 5.41) is 5.81. The first-order valence-electron chi connectivity index (χ1n) is 8.56. The highest BCUT2D eigenvalue weighted by atomic mass is 32.2. The van der Waals surface area contributed by atoms with Crippen molar-refractivity contribution in [2.45, 2.75) is 11.3 Å². The third-order valence-electron chi connectivity index (χ3n) is 4.09. The summed E-state index contributed by atoms with van der Waals surface area (Å²) < 4.78 is 32.2. The number of nitrogens with one attached hydrogen (secondary N) is 2. The van der Waals surface area contributed by atoms with Crippen molar-refractivity contribution in [2.24, 2.45) is 0 Å². The number of hydrogen-bond donors (Lipinski definition) is 2. The minimum absolute atomic E-state index is 0.0997. The Bertz CT molecular complexity index is 867. The van der Waals surface area contributed by atoms with Crippen molar-refractivity contribution in [3.63, 3.8) is 0 Å². The van der Waals surface area contributed by atoms with Gasteiger partial charge in [-0.2, -0.15) is 0 Å². The van der Waals surface area contributed by atoms with Crippen molar-refractivity contribution in [1.29, 1.82) is 0 Å². The Morgan fingerprint density at radius 1 is 1.07 bits per heavy atom. The van der Waals surface area contributed by atoms with Crippen LogP contribution in [-0.2, 0) is 10.0 Å². The van der Waals surface area contributed by atoms with E-state index in [1.54, 1.807) is 24.3 Å². The van der Waals surface area contributed by atoms with E-state index in [1.165, 1.54) is 42.7 Å². The Hall–Kier alpha value is -2.58. The number of sulfonamides is 1. The summed E-state index contributed by atoms with van der Waals surface area (Å²) in [6, 6.07) is 12.8. The van der Waals surface area contributed by atoms with Crippen LogP contribution in [0.1, 0.15) is 16.8 Å². The molecule has 0 saturated heterocycles. The second-order valence-corrected chi connectivity index (χ2v) is 7.85. The maximum atomic E-state index is 12.9. The van der Waals surface area contributed by atoms with E-state index in [0.29, 0.717) is 23.5 Å². The van der Waals surface area contributed by atoms with Crippen LogP contribution in [0.3, 0.4) is 0 Å². The summed E-state index contributed by atoms with van der Waals surface area (Å²) in [7, 11) is 1.03. The standard InChI is InChI=1S/C19H25N3O4S/c1-20-13-6-14-21-19(23)15-9-11-16(12-10-15)27(24,25)22(2)17-7-4-5-8-18(17)26-3/h4-5,7-12,20H,6,13-14H2,1-3H3,(H,21,23). The Labute approximate surface area is 160 Å². The fourth-order valence-electron chi connectivity index (χ4n) is 2.52. The Morgan fingerprint density at radius 3 is 2.37 bits per heavy atom. The molecular weight excluding hydrogens is 366 g/mol. The molecule has 0 radical (unpaired) electrons. The van der Waals surface area contributed by atoms with Gasteiger partial charge in [-0.3, -0.25) is 9.10 Å². The molecule has 0 aliphatic carbocycles. The van der Waals surface area contributed by atoms with Crippen LogP contribution in [0.5, 0.6) is 5.75 Å². The smallest absolute Gasteiger partial charge is 0.264 e. The second-order valence-electron chi connectivity index (χ2n) is 5.88. The van der Waals surface area contributed by atoms with Crippen LogP contribution in [0.25, 0.3) is 0 Å². The zero-order chi connectivity index (χ0) is 19.9. The van der Waals surface area contributed by atoms with Crippen LogP contribution in [0.4, 0.5) is 5.69 Å². The Balaban J connectivity index is 2.16. The minimum atomic E-state index is -3.78. The molecule has 0 bridgehead atoms. The van der Waals surface area contributed by atoms with Crippen LogP contribution >= 0.6 is 0 Å². The first kappa shape index (κ1) is 20.7. The van der Waals surface area contributed by atoms with Gasteiger partial charge in [0.25, 0.3) is 15.9 Å². The molecule has 8 heteroatoms. The number of amides is 1. The van der Waals surface area contributed by atoms with E-state index in [2.05, 4.69) is 10.6 Å². The molecule has 0 saturated carbocycles. The molecule has 7 nitrogen and oxygen atoms in total. The van der Waals surface area contributed by atoms with Crippen molar-refractivity contribution in [3.05, 3.63) is 54.1 Å². The minimum Gasteiger partial charge on any atom is -0.495 e. The predicted molar refractivity (Wildman–Crippen MR) is 106 cm³/mol. The maximum Gasteiger partial charge on any atom is 0.264 e. The predicted octanol–water partition coefficient (Wildman–Crippen LogP) is 1.86.